The average Bonchev–Trinajstić information content (AvgIpc) is 2.34. The average molecular weight is 230 g/mol. The summed E-state index contributed by atoms with van der Waals surface area (Å²) in [6, 6.07) is 9.18. The molecule has 1 heterocycles. The van der Waals surface area contributed by atoms with Gasteiger partial charge >= 0.3 is 0 Å². The smallest absolute Gasteiger partial charge is 0.262 e. The highest BCUT2D eigenvalue weighted by Gasteiger charge is 2.10. The second-order valence-electron chi connectivity index (χ2n) is 3.61. The highest BCUT2D eigenvalue weighted by Crippen LogP contribution is 2.33. The number of nitrogens with zero attached hydrogens (tertiary/aromatic N) is 1. The van der Waals surface area contributed by atoms with Crippen molar-refractivity contribution in [1.29, 1.82) is 0 Å². The molecule has 0 radical (unpaired) electrons. The third-order valence-electron chi connectivity index (χ3n) is 2.40. The van der Waals surface area contributed by atoms with Crippen LogP contribution in [0.2, 0.25) is 0 Å². The molecule has 2 N–H and O–H groups in total. The molecule has 0 saturated carbocycles. The number of benzene rings is 1. The number of hydrogen-bond acceptors (Lipinski definition) is 4. The lowest BCUT2D eigenvalue weighted by molar-refractivity contribution is 0.369. The quantitative estimate of drug-likeness (QED) is 0.824. The van der Waals surface area contributed by atoms with Crippen LogP contribution in [0.1, 0.15) is 5.56 Å². The number of hydrogen-bond donors (Lipinski definition) is 1. The minimum Gasteiger partial charge on any atom is -0.491 e. The summed E-state index contributed by atoms with van der Waals surface area (Å²) in [7, 11) is 1.57. The molecule has 1 aromatic carbocycles. The highest BCUT2D eigenvalue weighted by molar-refractivity contribution is 5.58. The molecule has 0 bridgehead atoms. The molecule has 0 aliphatic carbocycles. The van der Waals surface area contributed by atoms with Crippen molar-refractivity contribution < 1.29 is 9.47 Å². The Labute approximate surface area is 100 Å². The number of aryl methyl sites for hydroxylation is 1. The summed E-state index contributed by atoms with van der Waals surface area (Å²) >= 11 is 0. The van der Waals surface area contributed by atoms with Gasteiger partial charge < -0.3 is 15.2 Å². The summed E-state index contributed by atoms with van der Waals surface area (Å²) in [6.07, 6.45) is 1.65. The van der Waals surface area contributed by atoms with Crippen LogP contribution in [-0.2, 0) is 0 Å². The van der Waals surface area contributed by atoms with Gasteiger partial charge in [-0.1, -0.05) is 12.1 Å². The zero-order valence-electron chi connectivity index (χ0n) is 9.81. The number of methoxy groups -OCH3 is 1. The molecule has 4 nitrogen and oxygen atoms in total. The van der Waals surface area contributed by atoms with E-state index in [0.717, 1.165) is 5.56 Å². The van der Waals surface area contributed by atoms with Crippen molar-refractivity contribution in [3.63, 3.8) is 0 Å². The van der Waals surface area contributed by atoms with Crippen LogP contribution in [0.5, 0.6) is 17.4 Å². The number of para-hydroxylation sites is 1. The van der Waals surface area contributed by atoms with Gasteiger partial charge in [-0.05, 0) is 30.7 Å². The van der Waals surface area contributed by atoms with Crippen LogP contribution in [0.15, 0.2) is 36.5 Å². The Morgan fingerprint density at radius 1 is 1.18 bits per heavy atom. The number of ether oxygens (including phenoxy) is 2. The molecule has 0 unspecified atom stereocenters. The number of anilines is 1. The molecule has 0 amide bonds. The van der Waals surface area contributed by atoms with E-state index < -0.39 is 0 Å². The van der Waals surface area contributed by atoms with E-state index in [1.54, 1.807) is 31.5 Å². The minimum absolute atomic E-state index is 0.413. The number of rotatable bonds is 3. The SMILES string of the molecule is COc1cccnc1Oc1c(C)cccc1N. The fourth-order valence-corrected chi connectivity index (χ4v) is 1.52. The number of nitrogen functional groups attached to an aromatic ring is 1. The maximum absolute atomic E-state index is 5.87. The van der Waals surface area contributed by atoms with E-state index in [-0.39, 0.29) is 0 Å². The van der Waals surface area contributed by atoms with Gasteiger partial charge in [-0.25, -0.2) is 4.98 Å². The van der Waals surface area contributed by atoms with Gasteiger partial charge in [0.2, 0.25) is 0 Å². The Morgan fingerprint density at radius 2 is 2.00 bits per heavy atom. The second-order valence-corrected chi connectivity index (χ2v) is 3.61. The zero-order chi connectivity index (χ0) is 12.3. The van der Waals surface area contributed by atoms with Crippen LogP contribution in [0.25, 0.3) is 0 Å². The van der Waals surface area contributed by atoms with Gasteiger partial charge in [0.05, 0.1) is 12.8 Å². The Hall–Kier alpha value is -2.23. The van der Waals surface area contributed by atoms with E-state index in [9.17, 15) is 0 Å². The first-order valence-corrected chi connectivity index (χ1v) is 5.24. The maximum atomic E-state index is 5.87. The van der Waals surface area contributed by atoms with Crippen LogP contribution in [0.3, 0.4) is 0 Å². The van der Waals surface area contributed by atoms with E-state index in [1.807, 2.05) is 19.1 Å². The van der Waals surface area contributed by atoms with Gasteiger partial charge in [0, 0.05) is 6.20 Å². The molecular weight excluding hydrogens is 216 g/mol. The Balaban J connectivity index is 2.38. The van der Waals surface area contributed by atoms with E-state index >= 15 is 0 Å². The molecule has 4 heteroatoms. The summed E-state index contributed by atoms with van der Waals surface area (Å²) in [6.45, 7) is 1.93. The van der Waals surface area contributed by atoms with Crippen LogP contribution in [0, 0.1) is 6.92 Å². The Kier molecular flexibility index (Phi) is 3.14. The van der Waals surface area contributed by atoms with Gasteiger partial charge in [-0.2, -0.15) is 0 Å². The predicted molar refractivity (Wildman–Crippen MR) is 66.5 cm³/mol. The van der Waals surface area contributed by atoms with Gasteiger partial charge in [0.15, 0.2) is 11.5 Å². The third kappa shape index (κ3) is 2.30. The van der Waals surface area contributed by atoms with Crippen molar-refractivity contribution in [2.45, 2.75) is 6.92 Å². The van der Waals surface area contributed by atoms with Crippen LogP contribution in [-0.4, -0.2) is 12.1 Å². The largest absolute Gasteiger partial charge is 0.491 e. The number of pyridine rings is 1. The van der Waals surface area contributed by atoms with Gasteiger partial charge in [0.25, 0.3) is 5.88 Å². The summed E-state index contributed by atoms with van der Waals surface area (Å²) < 4.78 is 10.9. The van der Waals surface area contributed by atoms with Crippen LogP contribution < -0.4 is 15.2 Å². The minimum atomic E-state index is 0.413. The summed E-state index contributed by atoms with van der Waals surface area (Å²) in [5.41, 5.74) is 7.40. The molecule has 0 aliphatic heterocycles. The van der Waals surface area contributed by atoms with Crippen molar-refractivity contribution in [3.8, 4) is 17.4 Å². The number of aromatic nitrogens is 1. The normalized spacial score (nSPS) is 10.0. The van der Waals surface area contributed by atoms with E-state index in [1.165, 1.54) is 0 Å². The summed E-state index contributed by atoms with van der Waals surface area (Å²) in [4.78, 5) is 4.12. The molecule has 0 atom stereocenters. The molecule has 0 aliphatic rings. The molecule has 2 aromatic rings. The fraction of sp³-hybridized carbons (Fsp3) is 0.154. The Bertz CT molecular complexity index is 506. The van der Waals surface area contributed by atoms with Crippen LogP contribution >= 0.6 is 0 Å². The molecule has 0 spiro atoms. The highest BCUT2D eigenvalue weighted by atomic mass is 16.5. The topological polar surface area (TPSA) is 57.4 Å². The van der Waals surface area contributed by atoms with Gasteiger partial charge in [0.1, 0.15) is 0 Å². The van der Waals surface area contributed by atoms with Gasteiger partial charge in [-0.3, -0.25) is 0 Å². The zero-order valence-corrected chi connectivity index (χ0v) is 9.81. The van der Waals surface area contributed by atoms with Crippen molar-refractivity contribution in [3.05, 3.63) is 42.1 Å². The van der Waals surface area contributed by atoms with Crippen molar-refractivity contribution in [2.75, 3.05) is 12.8 Å². The van der Waals surface area contributed by atoms with Crippen molar-refractivity contribution in [2.24, 2.45) is 0 Å². The maximum Gasteiger partial charge on any atom is 0.262 e. The van der Waals surface area contributed by atoms with E-state index in [2.05, 4.69) is 4.98 Å². The Morgan fingerprint density at radius 3 is 2.71 bits per heavy atom. The monoisotopic (exact) mass is 230 g/mol. The van der Waals surface area contributed by atoms with Gasteiger partial charge in [-0.15, -0.1) is 0 Å². The molecular formula is C13H14N2O2. The lowest BCUT2D eigenvalue weighted by Gasteiger charge is -2.12. The molecule has 17 heavy (non-hydrogen) atoms. The third-order valence-corrected chi connectivity index (χ3v) is 2.40. The predicted octanol–water partition coefficient (Wildman–Crippen LogP) is 2.77. The van der Waals surface area contributed by atoms with E-state index in [4.69, 9.17) is 15.2 Å². The standard InChI is InChI=1S/C13H14N2O2/c1-9-5-3-6-10(14)12(9)17-13-11(16-2)7-4-8-15-13/h3-8H,14H2,1-2H3. The molecule has 88 valence electrons. The van der Waals surface area contributed by atoms with Crippen molar-refractivity contribution in [1.82, 2.24) is 4.98 Å². The lowest BCUT2D eigenvalue weighted by atomic mass is 10.2. The molecule has 0 saturated heterocycles. The summed E-state index contributed by atoms with van der Waals surface area (Å²) in [5, 5.41) is 0. The van der Waals surface area contributed by atoms with Crippen LogP contribution in [0.4, 0.5) is 5.69 Å². The number of nitrogens with two attached hydrogens (primary N) is 1. The molecule has 1 aromatic heterocycles. The molecule has 0 fully saturated rings. The lowest BCUT2D eigenvalue weighted by Crippen LogP contribution is -1.97. The molecule has 2 rings (SSSR count). The van der Waals surface area contributed by atoms with Crippen molar-refractivity contribution >= 4 is 5.69 Å². The van der Waals surface area contributed by atoms with E-state index in [0.29, 0.717) is 23.1 Å². The first-order chi connectivity index (χ1) is 8.22. The first kappa shape index (κ1) is 11.3. The fourth-order valence-electron chi connectivity index (χ4n) is 1.52. The summed E-state index contributed by atoms with van der Waals surface area (Å²) in [5.74, 6) is 1.61. The first-order valence-electron chi connectivity index (χ1n) is 5.24. The second kappa shape index (κ2) is 4.74.